The van der Waals surface area contributed by atoms with Crippen molar-refractivity contribution in [1.29, 1.82) is 0 Å². The number of anilines is 3. The molecule has 0 fully saturated rings. The fourth-order valence-corrected chi connectivity index (χ4v) is 1.76. The van der Waals surface area contributed by atoms with E-state index in [2.05, 4.69) is 20.0 Å². The van der Waals surface area contributed by atoms with Crippen molar-refractivity contribution in [3.05, 3.63) is 35.2 Å². The zero-order valence-electron chi connectivity index (χ0n) is 10.7. The highest BCUT2D eigenvalue weighted by atomic mass is 35.5. The van der Waals surface area contributed by atoms with Crippen LogP contribution in [0, 0.1) is 6.92 Å². The van der Waals surface area contributed by atoms with Crippen molar-refractivity contribution in [3.63, 3.8) is 0 Å². The third-order valence-electron chi connectivity index (χ3n) is 2.44. The van der Waals surface area contributed by atoms with Crippen LogP contribution in [-0.4, -0.2) is 16.3 Å². The van der Waals surface area contributed by atoms with Gasteiger partial charge in [0, 0.05) is 11.8 Å². The lowest BCUT2D eigenvalue weighted by Gasteiger charge is -2.12. The molecule has 0 atom stereocenters. The highest BCUT2D eigenvalue weighted by Gasteiger charge is 2.31. The molecular weight excluding hydrogens is 309 g/mol. The molecule has 1 aromatic carbocycles. The first-order valence-corrected chi connectivity index (χ1v) is 6.05. The monoisotopic (exact) mass is 318 g/mol. The number of nitrogens with one attached hydrogen (secondary N) is 1. The minimum Gasteiger partial charge on any atom is -0.406 e. The smallest absolute Gasteiger partial charge is 0.406 e. The molecule has 0 spiro atoms. The molecule has 2 rings (SSSR count). The molecule has 0 aliphatic rings. The lowest BCUT2D eigenvalue weighted by atomic mass is 10.3. The largest absolute Gasteiger partial charge is 0.573 e. The Morgan fingerprint density at radius 3 is 2.67 bits per heavy atom. The van der Waals surface area contributed by atoms with E-state index in [1.54, 1.807) is 6.92 Å². The predicted molar refractivity (Wildman–Crippen MR) is 72.6 cm³/mol. The summed E-state index contributed by atoms with van der Waals surface area (Å²) in [6.07, 6.45) is -4.76. The molecule has 0 aliphatic heterocycles. The van der Waals surface area contributed by atoms with E-state index in [0.29, 0.717) is 11.4 Å². The molecule has 0 saturated carbocycles. The van der Waals surface area contributed by atoms with Gasteiger partial charge < -0.3 is 15.8 Å². The van der Waals surface area contributed by atoms with Crippen LogP contribution in [0.15, 0.2) is 24.3 Å². The number of alkyl halides is 3. The van der Waals surface area contributed by atoms with Crippen LogP contribution in [0.1, 0.15) is 5.69 Å². The lowest BCUT2D eigenvalue weighted by molar-refractivity contribution is -0.274. The summed E-state index contributed by atoms with van der Waals surface area (Å²) in [6, 6.07) is 5.28. The van der Waals surface area contributed by atoms with E-state index in [4.69, 9.17) is 17.3 Å². The van der Waals surface area contributed by atoms with Crippen LogP contribution in [0.4, 0.5) is 30.4 Å². The Balaban J connectivity index is 2.26. The van der Waals surface area contributed by atoms with Gasteiger partial charge in [-0.2, -0.15) is 4.98 Å². The van der Waals surface area contributed by atoms with E-state index >= 15 is 0 Å². The lowest BCUT2D eigenvalue weighted by Crippen LogP contribution is -2.17. The number of rotatable bonds is 3. The standard InChI is InChI=1S/C12H10ClF3N4O/c1-6-9(17)10(20-11(13)18-6)19-7-3-2-4-8(5-7)21-12(14,15)16/h2-5H,17H2,1H3,(H,18,19,20). The number of nitrogen functional groups attached to an aromatic ring is 1. The Morgan fingerprint density at radius 1 is 1.29 bits per heavy atom. The fraction of sp³-hybridized carbons (Fsp3) is 0.167. The van der Waals surface area contributed by atoms with Crippen molar-refractivity contribution < 1.29 is 17.9 Å². The highest BCUT2D eigenvalue weighted by Crippen LogP contribution is 2.28. The average molecular weight is 319 g/mol. The Hall–Kier alpha value is -2.22. The average Bonchev–Trinajstić information content (AvgIpc) is 2.33. The van der Waals surface area contributed by atoms with Crippen molar-refractivity contribution in [2.75, 3.05) is 11.1 Å². The van der Waals surface area contributed by atoms with Gasteiger partial charge in [-0.15, -0.1) is 13.2 Å². The summed E-state index contributed by atoms with van der Waals surface area (Å²) in [5, 5.41) is 2.75. The second-order valence-electron chi connectivity index (χ2n) is 4.04. The van der Waals surface area contributed by atoms with E-state index < -0.39 is 6.36 Å². The van der Waals surface area contributed by atoms with Crippen LogP contribution in [0.5, 0.6) is 5.75 Å². The number of aryl methyl sites for hydroxylation is 1. The van der Waals surface area contributed by atoms with Crippen molar-refractivity contribution in [2.24, 2.45) is 0 Å². The molecule has 1 heterocycles. The maximum atomic E-state index is 12.2. The molecule has 9 heteroatoms. The number of aromatic nitrogens is 2. The number of hydrogen-bond donors (Lipinski definition) is 2. The van der Waals surface area contributed by atoms with Crippen molar-refractivity contribution in [3.8, 4) is 5.75 Å². The van der Waals surface area contributed by atoms with E-state index in [-0.39, 0.29) is 22.5 Å². The number of hydrogen-bond acceptors (Lipinski definition) is 5. The van der Waals surface area contributed by atoms with Crippen molar-refractivity contribution >= 4 is 28.8 Å². The molecule has 0 amide bonds. The van der Waals surface area contributed by atoms with Crippen LogP contribution >= 0.6 is 11.6 Å². The summed E-state index contributed by atoms with van der Waals surface area (Å²) >= 11 is 5.72. The molecule has 0 bridgehead atoms. The molecule has 112 valence electrons. The van der Waals surface area contributed by atoms with Gasteiger partial charge >= 0.3 is 6.36 Å². The maximum Gasteiger partial charge on any atom is 0.573 e. The quantitative estimate of drug-likeness (QED) is 0.845. The van der Waals surface area contributed by atoms with Crippen LogP contribution in [0.25, 0.3) is 0 Å². The first-order chi connectivity index (χ1) is 9.74. The second-order valence-corrected chi connectivity index (χ2v) is 4.38. The summed E-state index contributed by atoms with van der Waals surface area (Å²) in [4.78, 5) is 7.75. The van der Waals surface area contributed by atoms with Gasteiger partial charge in [-0.3, -0.25) is 0 Å². The molecule has 0 aliphatic carbocycles. The van der Waals surface area contributed by atoms with E-state index in [1.165, 1.54) is 18.2 Å². The van der Waals surface area contributed by atoms with Gasteiger partial charge in [0.1, 0.15) is 5.75 Å². The predicted octanol–water partition coefficient (Wildman–Crippen LogP) is 3.66. The summed E-state index contributed by atoms with van der Waals surface area (Å²) < 4.78 is 40.3. The van der Waals surface area contributed by atoms with Crippen LogP contribution in [-0.2, 0) is 0 Å². The van der Waals surface area contributed by atoms with Gasteiger partial charge in [0.05, 0.1) is 11.4 Å². The van der Waals surface area contributed by atoms with Crippen molar-refractivity contribution in [2.45, 2.75) is 13.3 Å². The minimum absolute atomic E-state index is 0.0214. The van der Waals surface area contributed by atoms with E-state index in [9.17, 15) is 13.2 Å². The SMILES string of the molecule is Cc1nc(Cl)nc(Nc2cccc(OC(F)(F)F)c2)c1N. The Labute approximate surface area is 122 Å². The number of nitrogens with two attached hydrogens (primary N) is 1. The highest BCUT2D eigenvalue weighted by molar-refractivity contribution is 6.28. The van der Waals surface area contributed by atoms with Gasteiger partial charge in [0.2, 0.25) is 5.28 Å². The van der Waals surface area contributed by atoms with E-state index in [0.717, 1.165) is 6.07 Å². The molecule has 0 saturated heterocycles. The fourth-order valence-electron chi connectivity index (χ4n) is 1.55. The third-order valence-corrected chi connectivity index (χ3v) is 2.61. The van der Waals surface area contributed by atoms with Crippen LogP contribution in [0.3, 0.4) is 0 Å². The second kappa shape index (κ2) is 5.65. The normalized spacial score (nSPS) is 11.3. The zero-order chi connectivity index (χ0) is 15.6. The molecule has 0 unspecified atom stereocenters. The Morgan fingerprint density at radius 2 is 2.00 bits per heavy atom. The van der Waals surface area contributed by atoms with Crippen molar-refractivity contribution in [1.82, 2.24) is 9.97 Å². The molecule has 21 heavy (non-hydrogen) atoms. The molecular formula is C12H10ClF3N4O. The summed E-state index contributed by atoms with van der Waals surface area (Å²) in [5.74, 6) is -0.153. The summed E-state index contributed by atoms with van der Waals surface area (Å²) in [7, 11) is 0. The Bertz CT molecular complexity index is 663. The zero-order valence-corrected chi connectivity index (χ0v) is 11.5. The number of halogens is 4. The summed E-state index contributed by atoms with van der Waals surface area (Å²) in [5.41, 5.74) is 6.81. The molecule has 2 aromatic rings. The van der Waals surface area contributed by atoms with Gasteiger partial charge in [-0.1, -0.05) is 6.07 Å². The third kappa shape index (κ3) is 4.12. The van der Waals surface area contributed by atoms with Gasteiger partial charge in [-0.05, 0) is 30.7 Å². The molecule has 3 N–H and O–H groups in total. The number of ether oxygens (including phenoxy) is 1. The topological polar surface area (TPSA) is 73.1 Å². The van der Waals surface area contributed by atoms with Gasteiger partial charge in [0.25, 0.3) is 0 Å². The number of benzene rings is 1. The van der Waals surface area contributed by atoms with Crippen LogP contribution < -0.4 is 15.8 Å². The Kier molecular flexibility index (Phi) is 4.08. The van der Waals surface area contributed by atoms with Gasteiger partial charge in [0.15, 0.2) is 5.82 Å². The molecule has 1 aromatic heterocycles. The maximum absolute atomic E-state index is 12.2. The van der Waals surface area contributed by atoms with E-state index in [1.807, 2.05) is 0 Å². The molecule has 5 nitrogen and oxygen atoms in total. The number of nitrogens with zero attached hydrogens (tertiary/aromatic N) is 2. The first-order valence-electron chi connectivity index (χ1n) is 5.67. The summed E-state index contributed by atoms with van der Waals surface area (Å²) in [6.45, 7) is 1.64. The van der Waals surface area contributed by atoms with Gasteiger partial charge in [-0.25, -0.2) is 4.98 Å². The molecule has 0 radical (unpaired) electrons. The van der Waals surface area contributed by atoms with Crippen LogP contribution in [0.2, 0.25) is 5.28 Å². The first kappa shape index (κ1) is 15.2. The minimum atomic E-state index is -4.76.